The molecule has 0 heterocycles. The molecule has 0 aliphatic heterocycles. The Hall–Kier alpha value is -0.650. The fourth-order valence-corrected chi connectivity index (χ4v) is 0.749. The molecule has 0 aromatic rings. The van der Waals surface area contributed by atoms with Crippen molar-refractivity contribution in [3.63, 3.8) is 0 Å². The second-order valence-electron chi connectivity index (χ2n) is 2.66. The maximum absolute atomic E-state index is 9.52. The molecular formula is C9H21NO4. The lowest BCUT2D eigenvalue weighted by atomic mass is 10.4. The van der Waals surface area contributed by atoms with Gasteiger partial charge in [-0.3, -0.25) is 0 Å². The highest BCUT2D eigenvalue weighted by molar-refractivity contribution is 5.71. The molecule has 0 saturated heterocycles. The van der Waals surface area contributed by atoms with E-state index in [1.807, 2.05) is 0 Å². The molecule has 5 nitrogen and oxygen atoms in total. The molecule has 0 aromatic carbocycles. The summed E-state index contributed by atoms with van der Waals surface area (Å²) >= 11 is 0. The van der Waals surface area contributed by atoms with Gasteiger partial charge >= 0.3 is 5.97 Å². The van der Waals surface area contributed by atoms with Crippen molar-refractivity contribution in [3.05, 3.63) is 0 Å². The molecule has 5 heteroatoms. The summed E-state index contributed by atoms with van der Waals surface area (Å²) in [6, 6.07) is 0. The lowest BCUT2D eigenvalue weighted by molar-refractivity contribution is -0.148. The van der Waals surface area contributed by atoms with E-state index < -0.39 is 18.7 Å². The Bertz CT molecular complexity index is 131. The van der Waals surface area contributed by atoms with Crippen LogP contribution >= 0.6 is 0 Å². The second kappa shape index (κ2) is 10.4. The Morgan fingerprint density at radius 1 is 1.21 bits per heavy atom. The summed E-state index contributed by atoms with van der Waals surface area (Å²) in [4.78, 5) is 11.9. The predicted molar refractivity (Wildman–Crippen MR) is 54.2 cm³/mol. The highest BCUT2D eigenvalue weighted by atomic mass is 16.4. The Kier molecular flexibility index (Phi) is 11.8. The molecule has 1 atom stereocenters. The fourth-order valence-electron chi connectivity index (χ4n) is 0.749. The molecule has 0 bridgehead atoms. The van der Waals surface area contributed by atoms with Crippen molar-refractivity contribution < 1.29 is 20.1 Å². The van der Waals surface area contributed by atoms with Gasteiger partial charge in [-0.1, -0.05) is 20.8 Å². The minimum absolute atomic E-state index is 0.727. The summed E-state index contributed by atoms with van der Waals surface area (Å²) in [5.41, 5.74) is 0. The maximum atomic E-state index is 9.52. The summed E-state index contributed by atoms with van der Waals surface area (Å²) in [7, 11) is 0. The van der Waals surface area contributed by atoms with Gasteiger partial charge in [0.1, 0.15) is 0 Å². The van der Waals surface area contributed by atoms with E-state index in [0.717, 1.165) is 0 Å². The Morgan fingerprint density at radius 3 is 1.57 bits per heavy atom. The summed E-state index contributed by atoms with van der Waals surface area (Å²) in [6.45, 7) is 9.40. The predicted octanol–water partition coefficient (Wildman–Crippen LogP) is -0.228. The molecule has 0 aliphatic carbocycles. The van der Waals surface area contributed by atoms with Crippen LogP contribution in [0.25, 0.3) is 0 Å². The zero-order valence-electron chi connectivity index (χ0n) is 9.10. The van der Waals surface area contributed by atoms with E-state index in [1.54, 1.807) is 0 Å². The van der Waals surface area contributed by atoms with E-state index in [0.29, 0.717) is 0 Å². The van der Waals surface area contributed by atoms with Gasteiger partial charge in [0.2, 0.25) is 0 Å². The summed E-state index contributed by atoms with van der Waals surface area (Å²) < 4.78 is 0. The van der Waals surface area contributed by atoms with Crippen LogP contribution in [0.1, 0.15) is 20.8 Å². The first-order valence-corrected chi connectivity index (χ1v) is 4.77. The number of carboxylic acids is 1. The minimum atomic E-state index is -1.63. The number of hydrogen-bond acceptors (Lipinski definition) is 4. The van der Waals surface area contributed by atoms with E-state index in [9.17, 15) is 4.79 Å². The number of aliphatic hydroxyl groups excluding tert-OH is 2. The van der Waals surface area contributed by atoms with Gasteiger partial charge in [-0.05, 0) is 19.6 Å². The molecule has 14 heavy (non-hydrogen) atoms. The molecular weight excluding hydrogens is 186 g/mol. The lowest BCUT2D eigenvalue weighted by Crippen LogP contribution is -2.22. The molecule has 0 spiro atoms. The van der Waals surface area contributed by atoms with Gasteiger partial charge in [0.15, 0.2) is 6.10 Å². The number of rotatable bonds is 5. The van der Waals surface area contributed by atoms with Crippen molar-refractivity contribution >= 4 is 5.97 Å². The first-order chi connectivity index (χ1) is 6.53. The maximum Gasteiger partial charge on any atom is 0.334 e. The highest BCUT2D eigenvalue weighted by Gasteiger charge is 2.08. The molecule has 0 fully saturated rings. The van der Waals surface area contributed by atoms with Crippen LogP contribution in [0.5, 0.6) is 0 Å². The number of carbonyl (C=O) groups is 1. The summed E-state index contributed by atoms with van der Waals surface area (Å²) in [5.74, 6) is -1.40. The standard InChI is InChI=1S/C6H15N.C3H6O4/c1-4-7(5-2)6-3;4-1-2(5)3(6)7/h4-6H2,1-3H3;2,4-5H,1H2,(H,6,7). The summed E-state index contributed by atoms with van der Waals surface area (Å²) in [6.07, 6.45) is -1.63. The van der Waals surface area contributed by atoms with Gasteiger partial charge in [0, 0.05) is 0 Å². The largest absolute Gasteiger partial charge is 0.479 e. The molecule has 3 N–H and O–H groups in total. The van der Waals surface area contributed by atoms with Crippen LogP contribution in [-0.2, 0) is 4.79 Å². The average Bonchev–Trinajstić information content (AvgIpc) is 2.20. The molecule has 0 aromatic heterocycles. The smallest absolute Gasteiger partial charge is 0.334 e. The lowest BCUT2D eigenvalue weighted by Gasteiger charge is -2.13. The Labute approximate surface area is 85.0 Å². The minimum Gasteiger partial charge on any atom is -0.479 e. The van der Waals surface area contributed by atoms with Crippen molar-refractivity contribution in [2.75, 3.05) is 26.2 Å². The zero-order valence-corrected chi connectivity index (χ0v) is 9.10. The van der Waals surface area contributed by atoms with Gasteiger partial charge in [-0.25, -0.2) is 4.79 Å². The topological polar surface area (TPSA) is 81.0 Å². The van der Waals surface area contributed by atoms with E-state index in [2.05, 4.69) is 25.7 Å². The van der Waals surface area contributed by atoms with Crippen LogP contribution in [0.2, 0.25) is 0 Å². The third-order valence-corrected chi connectivity index (χ3v) is 1.80. The van der Waals surface area contributed by atoms with E-state index in [4.69, 9.17) is 15.3 Å². The first kappa shape index (κ1) is 15.8. The number of aliphatic carboxylic acids is 1. The van der Waals surface area contributed by atoms with E-state index >= 15 is 0 Å². The fraction of sp³-hybridized carbons (Fsp3) is 0.889. The van der Waals surface area contributed by atoms with Gasteiger partial charge in [0.25, 0.3) is 0 Å². The Balaban J connectivity index is 0. The van der Waals surface area contributed by atoms with Crippen molar-refractivity contribution in [1.29, 1.82) is 0 Å². The van der Waals surface area contributed by atoms with Crippen LogP contribution in [-0.4, -0.2) is 58.5 Å². The molecule has 0 radical (unpaired) electrons. The molecule has 0 saturated carbocycles. The van der Waals surface area contributed by atoms with Gasteiger partial charge in [0.05, 0.1) is 6.61 Å². The summed E-state index contributed by atoms with van der Waals surface area (Å²) in [5, 5.41) is 23.7. The number of nitrogens with zero attached hydrogens (tertiary/aromatic N) is 1. The van der Waals surface area contributed by atoms with E-state index in [-0.39, 0.29) is 0 Å². The van der Waals surface area contributed by atoms with Crippen LogP contribution in [0.15, 0.2) is 0 Å². The van der Waals surface area contributed by atoms with E-state index in [1.165, 1.54) is 19.6 Å². The van der Waals surface area contributed by atoms with Crippen LogP contribution in [0.3, 0.4) is 0 Å². The molecule has 1 unspecified atom stereocenters. The molecule has 86 valence electrons. The van der Waals surface area contributed by atoms with Crippen LogP contribution in [0, 0.1) is 0 Å². The average molecular weight is 207 g/mol. The quantitative estimate of drug-likeness (QED) is 0.580. The number of hydrogen-bond donors (Lipinski definition) is 3. The second-order valence-corrected chi connectivity index (χ2v) is 2.66. The van der Waals surface area contributed by atoms with Gasteiger partial charge < -0.3 is 20.2 Å². The SMILES string of the molecule is CCN(CC)CC.O=C(O)C(O)CO. The molecule has 0 aliphatic rings. The number of carboxylic acid groups (broad SMARTS) is 1. The van der Waals surface area contributed by atoms with Gasteiger partial charge in [-0.15, -0.1) is 0 Å². The van der Waals surface area contributed by atoms with Crippen LogP contribution in [0.4, 0.5) is 0 Å². The number of aliphatic hydroxyl groups is 2. The van der Waals surface area contributed by atoms with Crippen LogP contribution < -0.4 is 0 Å². The van der Waals surface area contributed by atoms with Crippen molar-refractivity contribution in [2.45, 2.75) is 26.9 Å². The van der Waals surface area contributed by atoms with Gasteiger partial charge in [-0.2, -0.15) is 0 Å². The normalized spacial score (nSPS) is 11.9. The highest BCUT2D eigenvalue weighted by Crippen LogP contribution is 1.81. The molecule has 0 rings (SSSR count). The Morgan fingerprint density at radius 2 is 1.57 bits per heavy atom. The van der Waals surface area contributed by atoms with Crippen molar-refractivity contribution in [3.8, 4) is 0 Å². The van der Waals surface area contributed by atoms with Crippen molar-refractivity contribution in [2.24, 2.45) is 0 Å². The third-order valence-electron chi connectivity index (χ3n) is 1.80. The van der Waals surface area contributed by atoms with Crippen molar-refractivity contribution in [1.82, 2.24) is 4.90 Å². The monoisotopic (exact) mass is 207 g/mol. The molecule has 0 amide bonds. The third kappa shape index (κ3) is 9.44. The zero-order chi connectivity index (χ0) is 11.6. The first-order valence-electron chi connectivity index (χ1n) is 4.77.